The molecule has 1 aliphatic carbocycles. The molecular formula is C15H28N2O2. The van der Waals surface area contributed by atoms with Gasteiger partial charge in [0.15, 0.2) is 0 Å². The maximum Gasteiger partial charge on any atom is 0.0685 e. The molecule has 1 saturated carbocycles. The van der Waals surface area contributed by atoms with Gasteiger partial charge in [-0.15, -0.1) is 0 Å². The molecule has 4 atom stereocenters. The van der Waals surface area contributed by atoms with Crippen molar-refractivity contribution in [3.63, 3.8) is 0 Å². The normalized spacial score (nSPS) is 39.8. The Kier molecular flexibility index (Phi) is 4.13. The van der Waals surface area contributed by atoms with E-state index in [9.17, 15) is 0 Å². The first-order valence-corrected chi connectivity index (χ1v) is 7.96. The van der Waals surface area contributed by atoms with E-state index in [2.05, 4.69) is 12.3 Å². The third-order valence-electron chi connectivity index (χ3n) is 5.64. The van der Waals surface area contributed by atoms with Crippen molar-refractivity contribution in [2.24, 2.45) is 17.7 Å². The van der Waals surface area contributed by atoms with Gasteiger partial charge in [0.25, 0.3) is 0 Å². The lowest BCUT2D eigenvalue weighted by Crippen LogP contribution is -2.52. The summed E-state index contributed by atoms with van der Waals surface area (Å²) in [6.45, 7) is 3.98. The number of nitrogens with two attached hydrogens (primary N) is 1. The molecule has 0 aromatic heterocycles. The van der Waals surface area contributed by atoms with Gasteiger partial charge in [0, 0.05) is 25.2 Å². The van der Waals surface area contributed by atoms with Crippen molar-refractivity contribution in [1.29, 1.82) is 0 Å². The van der Waals surface area contributed by atoms with Crippen LogP contribution in [0.4, 0.5) is 0 Å². The maximum absolute atomic E-state index is 6.14. The third-order valence-corrected chi connectivity index (χ3v) is 5.64. The Bertz CT molecular complexity index is 305. The molecule has 4 nitrogen and oxygen atoms in total. The van der Waals surface area contributed by atoms with Gasteiger partial charge >= 0.3 is 0 Å². The highest BCUT2D eigenvalue weighted by Gasteiger charge is 2.44. The van der Waals surface area contributed by atoms with Crippen LogP contribution in [0, 0.1) is 11.8 Å². The summed E-state index contributed by atoms with van der Waals surface area (Å²) in [5, 5.41) is 0. The molecule has 1 spiro atoms. The molecular weight excluding hydrogens is 240 g/mol. The van der Waals surface area contributed by atoms with Gasteiger partial charge in [-0.25, -0.2) is 0 Å². The Morgan fingerprint density at radius 1 is 1.21 bits per heavy atom. The van der Waals surface area contributed by atoms with E-state index >= 15 is 0 Å². The lowest BCUT2D eigenvalue weighted by molar-refractivity contribution is -0.102. The summed E-state index contributed by atoms with van der Waals surface area (Å²) < 4.78 is 11.9. The summed E-state index contributed by atoms with van der Waals surface area (Å²) in [7, 11) is 0. The standard InChI is InChI=1S/C15H28N2O2/c1-11-13(5-8-18-11)14(17-16)12-4-9-19-15(10-12)6-2-3-7-15/h11-14,17H,2-10,16H2,1H3. The van der Waals surface area contributed by atoms with Crippen LogP contribution in [0.15, 0.2) is 0 Å². The highest BCUT2D eigenvalue weighted by molar-refractivity contribution is 4.97. The fourth-order valence-electron chi connectivity index (χ4n) is 4.57. The molecule has 19 heavy (non-hydrogen) atoms. The van der Waals surface area contributed by atoms with E-state index in [1.807, 2.05) is 0 Å². The second-order valence-electron chi connectivity index (χ2n) is 6.71. The number of hydrazine groups is 1. The molecule has 0 radical (unpaired) electrons. The van der Waals surface area contributed by atoms with E-state index < -0.39 is 0 Å². The van der Waals surface area contributed by atoms with E-state index in [1.165, 1.54) is 32.1 Å². The average molecular weight is 268 g/mol. The van der Waals surface area contributed by atoms with Crippen LogP contribution in [0.25, 0.3) is 0 Å². The second kappa shape index (κ2) is 5.68. The van der Waals surface area contributed by atoms with Crippen molar-refractivity contribution in [3.8, 4) is 0 Å². The van der Waals surface area contributed by atoms with Crippen LogP contribution in [0.3, 0.4) is 0 Å². The van der Waals surface area contributed by atoms with Crippen molar-refractivity contribution in [1.82, 2.24) is 5.43 Å². The molecule has 4 heteroatoms. The molecule has 0 aromatic carbocycles. The molecule has 2 heterocycles. The zero-order valence-electron chi connectivity index (χ0n) is 12.1. The fraction of sp³-hybridized carbons (Fsp3) is 1.00. The average Bonchev–Trinajstić information content (AvgIpc) is 3.02. The Balaban J connectivity index is 1.68. The molecule has 3 fully saturated rings. The Labute approximate surface area is 116 Å². The lowest BCUT2D eigenvalue weighted by atomic mass is 9.75. The Morgan fingerprint density at radius 2 is 2.00 bits per heavy atom. The molecule has 0 aromatic rings. The van der Waals surface area contributed by atoms with E-state index in [1.54, 1.807) is 0 Å². The number of rotatable bonds is 3. The monoisotopic (exact) mass is 268 g/mol. The Hall–Kier alpha value is -0.160. The van der Waals surface area contributed by atoms with Gasteiger partial charge in [-0.3, -0.25) is 11.3 Å². The molecule has 2 aliphatic heterocycles. The smallest absolute Gasteiger partial charge is 0.0685 e. The number of ether oxygens (including phenoxy) is 2. The topological polar surface area (TPSA) is 56.5 Å². The molecule has 3 rings (SSSR count). The van der Waals surface area contributed by atoms with Crippen LogP contribution in [0.1, 0.15) is 51.9 Å². The zero-order valence-corrected chi connectivity index (χ0v) is 12.1. The second-order valence-corrected chi connectivity index (χ2v) is 6.71. The van der Waals surface area contributed by atoms with Gasteiger partial charge in [-0.2, -0.15) is 0 Å². The highest BCUT2D eigenvalue weighted by Crippen LogP contribution is 2.44. The van der Waals surface area contributed by atoms with Crippen LogP contribution in [0.2, 0.25) is 0 Å². The van der Waals surface area contributed by atoms with E-state index in [0.29, 0.717) is 24.0 Å². The van der Waals surface area contributed by atoms with Crippen molar-refractivity contribution in [3.05, 3.63) is 0 Å². The van der Waals surface area contributed by atoms with Crippen molar-refractivity contribution < 1.29 is 9.47 Å². The number of nitrogens with one attached hydrogen (secondary N) is 1. The van der Waals surface area contributed by atoms with Crippen LogP contribution < -0.4 is 11.3 Å². The largest absolute Gasteiger partial charge is 0.378 e. The number of hydrogen-bond acceptors (Lipinski definition) is 4. The summed E-state index contributed by atoms with van der Waals surface area (Å²) in [6.07, 6.45) is 8.95. The minimum Gasteiger partial charge on any atom is -0.378 e. The number of hydrogen-bond donors (Lipinski definition) is 2. The minimum atomic E-state index is 0.181. The summed E-state index contributed by atoms with van der Waals surface area (Å²) >= 11 is 0. The van der Waals surface area contributed by atoms with Gasteiger partial charge in [0.05, 0.1) is 11.7 Å². The molecule has 0 amide bonds. The van der Waals surface area contributed by atoms with Crippen LogP contribution in [-0.4, -0.2) is 31.0 Å². The predicted molar refractivity (Wildman–Crippen MR) is 74.5 cm³/mol. The quantitative estimate of drug-likeness (QED) is 0.607. The molecule has 0 bridgehead atoms. The first-order chi connectivity index (χ1) is 9.24. The van der Waals surface area contributed by atoms with Crippen LogP contribution >= 0.6 is 0 Å². The van der Waals surface area contributed by atoms with Gasteiger partial charge in [0.1, 0.15) is 0 Å². The first-order valence-electron chi connectivity index (χ1n) is 7.96. The van der Waals surface area contributed by atoms with E-state index in [-0.39, 0.29) is 5.60 Å². The Morgan fingerprint density at radius 3 is 2.63 bits per heavy atom. The molecule has 2 saturated heterocycles. The van der Waals surface area contributed by atoms with E-state index in [0.717, 1.165) is 26.1 Å². The summed E-state index contributed by atoms with van der Waals surface area (Å²) in [6, 6.07) is 0.388. The van der Waals surface area contributed by atoms with Crippen LogP contribution in [0.5, 0.6) is 0 Å². The lowest BCUT2D eigenvalue weighted by Gasteiger charge is -2.43. The molecule has 3 aliphatic rings. The maximum atomic E-state index is 6.14. The molecule has 4 unspecified atom stereocenters. The van der Waals surface area contributed by atoms with Crippen molar-refractivity contribution in [2.75, 3.05) is 13.2 Å². The van der Waals surface area contributed by atoms with Gasteiger partial charge in [-0.1, -0.05) is 12.8 Å². The molecule has 110 valence electrons. The first kappa shape index (κ1) is 13.8. The fourth-order valence-corrected chi connectivity index (χ4v) is 4.57. The summed E-state index contributed by atoms with van der Waals surface area (Å²) in [5.74, 6) is 7.09. The van der Waals surface area contributed by atoms with Gasteiger partial charge < -0.3 is 9.47 Å². The highest BCUT2D eigenvalue weighted by atomic mass is 16.5. The molecule has 3 N–H and O–H groups in total. The van der Waals surface area contributed by atoms with E-state index in [4.69, 9.17) is 15.3 Å². The van der Waals surface area contributed by atoms with Crippen LogP contribution in [-0.2, 0) is 9.47 Å². The van der Waals surface area contributed by atoms with Crippen molar-refractivity contribution in [2.45, 2.75) is 69.6 Å². The van der Waals surface area contributed by atoms with Crippen molar-refractivity contribution >= 4 is 0 Å². The third kappa shape index (κ3) is 2.68. The summed E-state index contributed by atoms with van der Waals surface area (Å²) in [5.41, 5.74) is 3.30. The van der Waals surface area contributed by atoms with Gasteiger partial charge in [-0.05, 0) is 44.9 Å². The summed E-state index contributed by atoms with van der Waals surface area (Å²) in [4.78, 5) is 0. The SMILES string of the molecule is CC1OCCC1C(NN)C1CCOC2(CCCC2)C1. The van der Waals surface area contributed by atoms with Gasteiger partial charge in [0.2, 0.25) is 0 Å². The zero-order chi connectivity index (χ0) is 13.3. The minimum absolute atomic E-state index is 0.181. The predicted octanol–water partition coefficient (Wildman–Crippen LogP) is 1.98.